The molecule has 0 N–H and O–H groups in total. The lowest BCUT2D eigenvalue weighted by molar-refractivity contribution is -0.161. The van der Waals surface area contributed by atoms with Gasteiger partial charge in [0, 0.05) is 13.0 Å². The molecule has 2 heterocycles. The SMILES string of the molecule is C=CC(=O)O[C@H]1[C@@H](OC(C)=O)[C@H]2C=C[C@@H]1O2. The van der Waals surface area contributed by atoms with Crippen molar-refractivity contribution in [2.45, 2.75) is 31.3 Å². The van der Waals surface area contributed by atoms with Crippen LogP contribution in [0.4, 0.5) is 0 Å². The summed E-state index contributed by atoms with van der Waals surface area (Å²) in [6, 6.07) is 0. The largest absolute Gasteiger partial charge is 0.455 e. The van der Waals surface area contributed by atoms with Crippen LogP contribution in [0.2, 0.25) is 0 Å². The summed E-state index contributed by atoms with van der Waals surface area (Å²) in [5.41, 5.74) is 0. The second kappa shape index (κ2) is 4.09. The zero-order valence-electron chi connectivity index (χ0n) is 8.79. The summed E-state index contributed by atoms with van der Waals surface area (Å²) in [5.74, 6) is -0.971. The minimum Gasteiger partial charge on any atom is -0.455 e. The minimum atomic E-state index is -0.579. The highest BCUT2D eigenvalue weighted by Crippen LogP contribution is 2.33. The van der Waals surface area contributed by atoms with Crippen LogP contribution in [0.15, 0.2) is 24.8 Å². The van der Waals surface area contributed by atoms with Crippen molar-refractivity contribution in [3.8, 4) is 0 Å². The van der Waals surface area contributed by atoms with Gasteiger partial charge in [-0.3, -0.25) is 4.79 Å². The molecule has 0 unspecified atom stereocenters. The Bertz CT molecular complexity index is 359. The second-order valence-electron chi connectivity index (χ2n) is 3.63. The van der Waals surface area contributed by atoms with Crippen LogP contribution in [0.3, 0.4) is 0 Å². The van der Waals surface area contributed by atoms with E-state index >= 15 is 0 Å². The zero-order valence-corrected chi connectivity index (χ0v) is 8.79. The average Bonchev–Trinajstić information content (AvgIpc) is 2.80. The summed E-state index contributed by atoms with van der Waals surface area (Å²) in [4.78, 5) is 22.0. The monoisotopic (exact) mass is 224 g/mol. The molecule has 5 nitrogen and oxygen atoms in total. The molecule has 0 aromatic carbocycles. The van der Waals surface area contributed by atoms with E-state index in [9.17, 15) is 9.59 Å². The lowest BCUT2D eigenvalue weighted by Gasteiger charge is -2.23. The molecule has 0 aromatic rings. The van der Waals surface area contributed by atoms with E-state index in [1.807, 2.05) is 0 Å². The predicted molar refractivity (Wildman–Crippen MR) is 53.4 cm³/mol. The summed E-state index contributed by atoms with van der Waals surface area (Å²) in [6.45, 7) is 4.62. The van der Waals surface area contributed by atoms with E-state index in [1.54, 1.807) is 12.2 Å². The molecule has 86 valence electrons. The number of fused-ring (bicyclic) bond motifs is 2. The summed E-state index contributed by atoms with van der Waals surface area (Å²) < 4.78 is 15.6. The maximum absolute atomic E-state index is 11.1. The van der Waals surface area contributed by atoms with Gasteiger partial charge in [0.2, 0.25) is 0 Å². The lowest BCUT2D eigenvalue weighted by Crippen LogP contribution is -2.40. The topological polar surface area (TPSA) is 61.8 Å². The summed E-state index contributed by atoms with van der Waals surface area (Å²) >= 11 is 0. The van der Waals surface area contributed by atoms with Gasteiger partial charge in [-0.15, -0.1) is 0 Å². The number of ether oxygens (including phenoxy) is 3. The Morgan fingerprint density at radius 2 is 1.81 bits per heavy atom. The second-order valence-corrected chi connectivity index (χ2v) is 3.63. The van der Waals surface area contributed by atoms with Gasteiger partial charge in [-0.25, -0.2) is 4.79 Å². The fourth-order valence-corrected chi connectivity index (χ4v) is 1.88. The third-order valence-electron chi connectivity index (χ3n) is 2.50. The zero-order chi connectivity index (χ0) is 11.7. The Kier molecular flexibility index (Phi) is 2.78. The van der Waals surface area contributed by atoms with E-state index in [2.05, 4.69) is 6.58 Å². The number of hydrogen-bond donors (Lipinski definition) is 0. The molecule has 16 heavy (non-hydrogen) atoms. The maximum atomic E-state index is 11.1. The normalized spacial score (nSPS) is 34.8. The molecule has 0 radical (unpaired) electrons. The van der Waals surface area contributed by atoms with E-state index in [-0.39, 0.29) is 12.2 Å². The van der Waals surface area contributed by atoms with Crippen molar-refractivity contribution in [2.75, 3.05) is 0 Å². The summed E-state index contributed by atoms with van der Waals surface area (Å²) in [7, 11) is 0. The molecule has 0 aromatic heterocycles. The van der Waals surface area contributed by atoms with Gasteiger partial charge < -0.3 is 14.2 Å². The smallest absolute Gasteiger partial charge is 0.330 e. The standard InChI is InChI=1S/C11H12O5/c1-3-9(13)16-11-8-5-4-7(15-8)10(11)14-6(2)12/h3-5,7-8,10-11H,1H2,2H3/t7-,8+,10+,11-/m1/s1. The Morgan fingerprint density at radius 3 is 2.31 bits per heavy atom. The van der Waals surface area contributed by atoms with Crippen LogP contribution in [-0.4, -0.2) is 36.4 Å². The van der Waals surface area contributed by atoms with Crippen LogP contribution in [0, 0.1) is 0 Å². The van der Waals surface area contributed by atoms with Gasteiger partial charge >= 0.3 is 11.9 Å². The molecule has 4 atom stereocenters. The van der Waals surface area contributed by atoms with Crippen LogP contribution < -0.4 is 0 Å². The first-order chi connectivity index (χ1) is 7.61. The Hall–Kier alpha value is -1.62. The average molecular weight is 224 g/mol. The van der Waals surface area contributed by atoms with Crippen molar-refractivity contribution in [3.05, 3.63) is 24.8 Å². The molecular weight excluding hydrogens is 212 g/mol. The van der Waals surface area contributed by atoms with E-state index < -0.39 is 24.1 Å². The van der Waals surface area contributed by atoms with Crippen LogP contribution in [0.25, 0.3) is 0 Å². The molecule has 1 fully saturated rings. The fourth-order valence-electron chi connectivity index (χ4n) is 1.88. The molecule has 2 bridgehead atoms. The number of carbonyl (C=O) groups is 2. The number of esters is 2. The fraction of sp³-hybridized carbons (Fsp3) is 0.455. The molecule has 2 aliphatic heterocycles. The highest BCUT2D eigenvalue weighted by Gasteiger charge is 2.50. The van der Waals surface area contributed by atoms with Crippen LogP contribution in [-0.2, 0) is 23.8 Å². The molecule has 0 aliphatic carbocycles. The molecule has 0 saturated carbocycles. The van der Waals surface area contributed by atoms with Crippen LogP contribution in [0.5, 0.6) is 0 Å². The third-order valence-corrected chi connectivity index (χ3v) is 2.50. The summed E-state index contributed by atoms with van der Waals surface area (Å²) in [5, 5.41) is 0. The quantitative estimate of drug-likeness (QED) is 0.393. The van der Waals surface area contributed by atoms with Gasteiger partial charge in [-0.05, 0) is 0 Å². The maximum Gasteiger partial charge on any atom is 0.330 e. The molecule has 5 heteroatoms. The van der Waals surface area contributed by atoms with Gasteiger partial charge in [0.15, 0.2) is 12.2 Å². The van der Waals surface area contributed by atoms with Crippen molar-refractivity contribution in [1.29, 1.82) is 0 Å². The highest BCUT2D eigenvalue weighted by atomic mass is 16.6. The Morgan fingerprint density at radius 1 is 1.25 bits per heavy atom. The first-order valence-electron chi connectivity index (χ1n) is 4.96. The molecule has 1 saturated heterocycles. The first kappa shape index (κ1) is 10.9. The molecule has 0 spiro atoms. The van der Waals surface area contributed by atoms with E-state index in [1.165, 1.54) is 6.92 Å². The van der Waals surface area contributed by atoms with Crippen molar-refractivity contribution in [2.24, 2.45) is 0 Å². The predicted octanol–water partition coefficient (Wildman–Crippen LogP) is 0.353. The van der Waals surface area contributed by atoms with Crippen LogP contribution >= 0.6 is 0 Å². The van der Waals surface area contributed by atoms with E-state index in [0.717, 1.165) is 6.08 Å². The van der Waals surface area contributed by atoms with Gasteiger partial charge in [0.05, 0.1) is 0 Å². The first-order valence-corrected chi connectivity index (χ1v) is 4.96. The lowest BCUT2D eigenvalue weighted by atomic mass is 10.0. The Labute approximate surface area is 92.7 Å². The number of hydrogen-bond acceptors (Lipinski definition) is 5. The molecule has 0 amide bonds. The Balaban J connectivity index is 2.09. The van der Waals surface area contributed by atoms with Gasteiger partial charge in [-0.2, -0.15) is 0 Å². The number of carbonyl (C=O) groups excluding carboxylic acids is 2. The molecular formula is C11H12O5. The van der Waals surface area contributed by atoms with Gasteiger partial charge in [-0.1, -0.05) is 18.7 Å². The minimum absolute atomic E-state index is 0.323. The van der Waals surface area contributed by atoms with Gasteiger partial charge in [0.1, 0.15) is 12.2 Å². The highest BCUT2D eigenvalue weighted by molar-refractivity contribution is 5.81. The number of rotatable bonds is 3. The third kappa shape index (κ3) is 1.86. The summed E-state index contributed by atoms with van der Waals surface area (Å²) in [6.07, 6.45) is 2.87. The molecule has 2 aliphatic rings. The van der Waals surface area contributed by atoms with Crippen LogP contribution in [0.1, 0.15) is 6.92 Å². The van der Waals surface area contributed by atoms with E-state index in [4.69, 9.17) is 14.2 Å². The van der Waals surface area contributed by atoms with E-state index in [0.29, 0.717) is 0 Å². The van der Waals surface area contributed by atoms with Gasteiger partial charge in [0.25, 0.3) is 0 Å². The van der Waals surface area contributed by atoms with Crippen molar-refractivity contribution >= 4 is 11.9 Å². The molecule has 2 rings (SSSR count). The van der Waals surface area contributed by atoms with Crippen molar-refractivity contribution < 1.29 is 23.8 Å². The van der Waals surface area contributed by atoms with Crippen molar-refractivity contribution in [3.63, 3.8) is 0 Å². The van der Waals surface area contributed by atoms with Crippen molar-refractivity contribution in [1.82, 2.24) is 0 Å².